The van der Waals surface area contributed by atoms with E-state index >= 15 is 0 Å². The van der Waals surface area contributed by atoms with E-state index in [-0.39, 0.29) is 56.7 Å². The molecule has 1 radical (unpaired) electrons. The van der Waals surface area contributed by atoms with Crippen molar-refractivity contribution in [1.29, 1.82) is 0 Å². The maximum atomic E-state index is 3.54. The number of hydrogen-bond donors (Lipinski definition) is 0. The Bertz CT molecular complexity index is 524. The van der Waals surface area contributed by atoms with Gasteiger partial charge in [0.05, 0.1) is 0 Å². The fourth-order valence-corrected chi connectivity index (χ4v) is 9.76. The Morgan fingerprint density at radius 2 is 1.79 bits per heavy atom. The Hall–Kier alpha value is 0.821. The van der Waals surface area contributed by atoms with E-state index in [0.717, 1.165) is 19.3 Å². The zero-order valence-corrected chi connectivity index (χ0v) is 20.6. The molecular weight excluding hydrogens is 407 g/mol. The van der Waals surface area contributed by atoms with Crippen LogP contribution in [0.3, 0.4) is 0 Å². The Labute approximate surface area is 181 Å². The maximum absolute atomic E-state index is 3.54. The first-order valence-corrected chi connectivity index (χ1v) is 13.0. The Balaban J connectivity index is 0. The SMILES string of the molecule is CC(C)(C)C1=CC=CCC1(CC1=[C-]CC=C1)S[Si](C)(C)C.[Cl-].[Cl-].[Ti+3]. The van der Waals surface area contributed by atoms with Gasteiger partial charge in [0.25, 0.3) is 0 Å². The zero-order valence-electron chi connectivity index (χ0n) is 15.7. The van der Waals surface area contributed by atoms with Crippen molar-refractivity contribution >= 4 is 18.4 Å². The van der Waals surface area contributed by atoms with E-state index in [1.807, 2.05) is 0 Å². The van der Waals surface area contributed by atoms with Crippen LogP contribution in [0.2, 0.25) is 19.6 Å². The summed E-state index contributed by atoms with van der Waals surface area (Å²) < 4.78 is 0.231. The third-order valence-corrected chi connectivity index (χ3v) is 8.43. The van der Waals surface area contributed by atoms with Crippen LogP contribution >= 0.6 is 11.2 Å². The van der Waals surface area contributed by atoms with Crippen molar-refractivity contribution in [3.63, 3.8) is 0 Å². The molecule has 1 unspecified atom stereocenters. The van der Waals surface area contributed by atoms with E-state index < -0.39 is 7.22 Å². The summed E-state index contributed by atoms with van der Waals surface area (Å²) in [4.78, 5) is 0. The van der Waals surface area contributed by atoms with Gasteiger partial charge in [-0.2, -0.15) is 17.3 Å². The molecule has 0 aromatic carbocycles. The molecule has 0 amide bonds. The standard InChI is InChI=1S/C19H29SSi.2ClH.Ti/c1-18(2,3)17-13-9-10-14-19(17,20-21(4,5)6)15-16-11-7-8-12-16;;;/h7,9-11,13H,8,14-15H2,1-6H3;2*1H;/q-1;;;+3/p-2. The molecule has 1 atom stereocenters. The summed E-state index contributed by atoms with van der Waals surface area (Å²) in [5.74, 6) is 0. The van der Waals surface area contributed by atoms with Crippen LogP contribution < -0.4 is 24.8 Å². The Kier molecular flexibility index (Phi) is 11.5. The summed E-state index contributed by atoms with van der Waals surface area (Å²) in [6.45, 7) is 14.5. The predicted octanol–water partition coefficient (Wildman–Crippen LogP) is 0.311. The monoisotopic (exact) mass is 435 g/mol. The van der Waals surface area contributed by atoms with Gasteiger partial charge in [-0.05, 0) is 23.8 Å². The van der Waals surface area contributed by atoms with E-state index in [1.54, 1.807) is 5.57 Å². The van der Waals surface area contributed by atoms with Gasteiger partial charge in [-0.1, -0.05) is 58.6 Å². The van der Waals surface area contributed by atoms with Crippen molar-refractivity contribution in [1.82, 2.24) is 0 Å². The van der Waals surface area contributed by atoms with Crippen molar-refractivity contribution in [2.24, 2.45) is 5.41 Å². The third-order valence-electron chi connectivity index (χ3n) is 3.89. The number of hydrogen-bond acceptors (Lipinski definition) is 1. The molecule has 0 bridgehead atoms. The molecule has 2 rings (SSSR count). The first kappa shape index (κ1) is 27.0. The first-order valence-electron chi connectivity index (χ1n) is 7.97. The zero-order chi connectivity index (χ0) is 15.7. The quantitative estimate of drug-likeness (QED) is 0.452. The minimum absolute atomic E-state index is 0. The van der Waals surface area contributed by atoms with Gasteiger partial charge >= 0.3 is 21.7 Å². The number of allylic oxidation sites excluding steroid dienone is 7. The van der Waals surface area contributed by atoms with Crippen LogP contribution in [0.15, 0.2) is 41.5 Å². The average Bonchev–Trinajstić information content (AvgIpc) is 2.78. The smallest absolute Gasteiger partial charge is 1.00 e. The third kappa shape index (κ3) is 7.21. The average molecular weight is 436 g/mol. The van der Waals surface area contributed by atoms with Crippen LogP contribution in [0, 0.1) is 11.5 Å². The summed E-state index contributed by atoms with van der Waals surface area (Å²) in [7, 11) is -1.23. The minimum atomic E-state index is -1.23. The molecule has 0 nitrogen and oxygen atoms in total. The molecule has 0 N–H and O–H groups in total. The van der Waals surface area contributed by atoms with Crippen molar-refractivity contribution in [2.45, 2.75) is 64.4 Å². The van der Waals surface area contributed by atoms with Crippen LogP contribution in [-0.2, 0) is 21.7 Å². The Morgan fingerprint density at radius 3 is 2.25 bits per heavy atom. The van der Waals surface area contributed by atoms with Gasteiger partial charge in [0.1, 0.15) is 7.22 Å². The second-order valence-electron chi connectivity index (χ2n) is 8.16. The number of rotatable bonds is 4. The van der Waals surface area contributed by atoms with Gasteiger partial charge in [0.2, 0.25) is 0 Å². The van der Waals surface area contributed by atoms with Crippen molar-refractivity contribution in [3.05, 3.63) is 47.6 Å². The molecule has 0 heterocycles. The Morgan fingerprint density at radius 1 is 1.17 bits per heavy atom. The summed E-state index contributed by atoms with van der Waals surface area (Å²) in [5.41, 5.74) is 3.24. The second-order valence-corrected chi connectivity index (χ2v) is 17.7. The molecule has 0 spiro atoms. The van der Waals surface area contributed by atoms with E-state index in [4.69, 9.17) is 0 Å². The molecule has 0 saturated heterocycles. The summed E-state index contributed by atoms with van der Waals surface area (Å²) >= 11 is 2.27. The van der Waals surface area contributed by atoms with Crippen molar-refractivity contribution < 1.29 is 46.5 Å². The van der Waals surface area contributed by atoms with Gasteiger partial charge in [-0.3, -0.25) is 6.08 Å². The fraction of sp³-hybridized carbons (Fsp3) is 0.579. The molecule has 0 saturated carbocycles. The molecule has 0 aromatic heterocycles. The van der Waals surface area contributed by atoms with Crippen LogP contribution in [0.4, 0.5) is 0 Å². The molecule has 2 aliphatic carbocycles. The topological polar surface area (TPSA) is 0 Å². The predicted molar refractivity (Wildman–Crippen MR) is 100 cm³/mol. The molecule has 0 aromatic rings. The largest absolute Gasteiger partial charge is 3.00 e. The molecule has 2 aliphatic rings. The fourth-order valence-electron chi connectivity index (χ4n) is 3.38. The van der Waals surface area contributed by atoms with Gasteiger partial charge < -0.3 is 24.8 Å². The van der Waals surface area contributed by atoms with Gasteiger partial charge in [-0.25, -0.2) is 11.6 Å². The molecule has 5 heteroatoms. The minimum Gasteiger partial charge on any atom is -1.00 e. The van der Waals surface area contributed by atoms with Crippen LogP contribution in [0.25, 0.3) is 0 Å². The van der Waals surface area contributed by atoms with Crippen LogP contribution in [0.1, 0.15) is 40.0 Å². The second kappa shape index (κ2) is 10.2. The van der Waals surface area contributed by atoms with Gasteiger partial charge in [-0.15, -0.1) is 6.42 Å². The summed E-state index contributed by atoms with van der Waals surface area (Å²) in [6, 6.07) is 0. The normalized spacial score (nSPS) is 22.8. The molecule has 133 valence electrons. The molecule has 0 fully saturated rings. The van der Waals surface area contributed by atoms with E-state index in [9.17, 15) is 0 Å². The van der Waals surface area contributed by atoms with E-state index in [2.05, 4.69) is 88.1 Å². The molecular formula is C19H29Cl2SSiTi. The molecule has 0 aliphatic heterocycles. The number of halogens is 2. The summed E-state index contributed by atoms with van der Waals surface area (Å²) in [5, 5.41) is 0. The summed E-state index contributed by atoms with van der Waals surface area (Å²) in [6.07, 6.45) is 18.3. The van der Waals surface area contributed by atoms with Crippen molar-refractivity contribution in [2.75, 3.05) is 0 Å². The first-order chi connectivity index (χ1) is 9.62. The van der Waals surface area contributed by atoms with Crippen molar-refractivity contribution in [3.8, 4) is 0 Å². The van der Waals surface area contributed by atoms with Gasteiger partial charge in [0.15, 0.2) is 0 Å². The van der Waals surface area contributed by atoms with Crippen LogP contribution in [-0.4, -0.2) is 12.0 Å². The van der Waals surface area contributed by atoms with Crippen LogP contribution in [0.5, 0.6) is 0 Å². The molecule has 24 heavy (non-hydrogen) atoms. The maximum Gasteiger partial charge on any atom is 3.00 e. The van der Waals surface area contributed by atoms with E-state index in [1.165, 1.54) is 5.57 Å². The van der Waals surface area contributed by atoms with E-state index in [0.29, 0.717) is 0 Å². The van der Waals surface area contributed by atoms with Gasteiger partial charge in [0, 0.05) is 4.75 Å².